The smallest absolute Gasteiger partial charge is 0.0816 e. The molecule has 0 aliphatic rings. The van der Waals surface area contributed by atoms with Crippen LogP contribution in [-0.2, 0) is 0 Å². The lowest BCUT2D eigenvalue weighted by atomic mass is 10.1. The lowest BCUT2D eigenvalue weighted by molar-refractivity contribution is 0.823. The highest BCUT2D eigenvalue weighted by Gasteiger charge is 2.02. The third-order valence-corrected chi connectivity index (χ3v) is 4.22. The van der Waals surface area contributed by atoms with Crippen molar-refractivity contribution in [1.82, 2.24) is 4.98 Å². The number of benzene rings is 2. The quantitative estimate of drug-likeness (QED) is 0.550. The standard InChI is InChI=1S/C23H23N3/c1-18(20-10-5-3-6-11-20)24-16-22-14-9-15-23(26-22)17-25-19(2)21-12-7-4-8-13-21/h3-19H,1-2H3. The summed E-state index contributed by atoms with van der Waals surface area (Å²) in [6.45, 7) is 4.16. The van der Waals surface area contributed by atoms with Crippen LogP contribution in [0.4, 0.5) is 0 Å². The van der Waals surface area contributed by atoms with Crippen molar-refractivity contribution >= 4 is 12.4 Å². The van der Waals surface area contributed by atoms with Gasteiger partial charge in [-0.3, -0.25) is 9.98 Å². The summed E-state index contributed by atoms with van der Waals surface area (Å²) in [7, 11) is 0. The highest BCUT2D eigenvalue weighted by Crippen LogP contribution is 2.16. The fourth-order valence-corrected chi connectivity index (χ4v) is 2.62. The van der Waals surface area contributed by atoms with E-state index in [1.165, 1.54) is 11.1 Å². The average molecular weight is 341 g/mol. The summed E-state index contributed by atoms with van der Waals surface area (Å²) >= 11 is 0. The molecule has 0 radical (unpaired) electrons. The third-order valence-electron chi connectivity index (χ3n) is 4.22. The molecule has 1 aromatic heterocycles. The summed E-state index contributed by atoms with van der Waals surface area (Å²) in [6, 6.07) is 26.6. The van der Waals surface area contributed by atoms with Crippen molar-refractivity contribution in [1.29, 1.82) is 0 Å². The molecule has 2 aromatic carbocycles. The van der Waals surface area contributed by atoms with E-state index in [1.807, 2.05) is 67.0 Å². The van der Waals surface area contributed by atoms with Gasteiger partial charge < -0.3 is 0 Å². The van der Waals surface area contributed by atoms with Crippen LogP contribution < -0.4 is 0 Å². The zero-order valence-corrected chi connectivity index (χ0v) is 15.2. The summed E-state index contributed by atoms with van der Waals surface area (Å²) in [5.41, 5.74) is 4.06. The molecule has 3 heteroatoms. The summed E-state index contributed by atoms with van der Waals surface area (Å²) in [4.78, 5) is 13.8. The van der Waals surface area contributed by atoms with Crippen LogP contribution in [-0.4, -0.2) is 17.4 Å². The number of pyridine rings is 1. The van der Waals surface area contributed by atoms with Crippen LogP contribution in [0.3, 0.4) is 0 Å². The van der Waals surface area contributed by atoms with Crippen molar-refractivity contribution in [3.8, 4) is 0 Å². The van der Waals surface area contributed by atoms with Gasteiger partial charge in [-0.15, -0.1) is 0 Å². The SMILES string of the molecule is CC(N=Cc1cccc(C=NC(C)c2ccccc2)n1)c1ccccc1. The van der Waals surface area contributed by atoms with E-state index in [9.17, 15) is 0 Å². The number of hydrogen-bond donors (Lipinski definition) is 0. The zero-order valence-electron chi connectivity index (χ0n) is 15.2. The second-order valence-electron chi connectivity index (χ2n) is 6.22. The maximum atomic E-state index is 4.62. The Morgan fingerprint density at radius 2 is 1.04 bits per heavy atom. The Morgan fingerprint density at radius 1 is 0.615 bits per heavy atom. The minimum atomic E-state index is 0.105. The van der Waals surface area contributed by atoms with Gasteiger partial charge in [0.2, 0.25) is 0 Å². The molecule has 0 bridgehead atoms. The van der Waals surface area contributed by atoms with Gasteiger partial charge in [-0.2, -0.15) is 0 Å². The maximum Gasteiger partial charge on any atom is 0.0816 e. The predicted octanol–water partition coefficient (Wildman–Crippen LogP) is 5.44. The van der Waals surface area contributed by atoms with Crippen molar-refractivity contribution in [2.45, 2.75) is 25.9 Å². The van der Waals surface area contributed by atoms with Gasteiger partial charge in [-0.25, -0.2) is 4.98 Å². The minimum Gasteiger partial charge on any atom is -0.283 e. The molecule has 130 valence electrons. The molecule has 0 spiro atoms. The average Bonchev–Trinajstić information content (AvgIpc) is 2.72. The Labute approximate surface area is 155 Å². The predicted molar refractivity (Wildman–Crippen MR) is 109 cm³/mol. The zero-order chi connectivity index (χ0) is 18.2. The van der Waals surface area contributed by atoms with E-state index in [4.69, 9.17) is 0 Å². The Kier molecular flexibility index (Phi) is 6.05. The molecule has 3 aromatic rings. The van der Waals surface area contributed by atoms with Crippen molar-refractivity contribution < 1.29 is 0 Å². The minimum absolute atomic E-state index is 0.105. The number of hydrogen-bond acceptors (Lipinski definition) is 3. The third kappa shape index (κ3) is 4.96. The highest BCUT2D eigenvalue weighted by molar-refractivity contribution is 5.81. The second-order valence-corrected chi connectivity index (χ2v) is 6.22. The summed E-state index contributed by atoms with van der Waals surface area (Å²) in [5, 5.41) is 0. The molecule has 0 saturated heterocycles. The van der Waals surface area contributed by atoms with Crippen LogP contribution in [0, 0.1) is 0 Å². The van der Waals surface area contributed by atoms with Crippen molar-refractivity contribution in [2.24, 2.45) is 9.98 Å². The van der Waals surface area contributed by atoms with E-state index in [2.05, 4.69) is 53.1 Å². The molecule has 1 heterocycles. The molecule has 0 amide bonds. The topological polar surface area (TPSA) is 37.6 Å². The van der Waals surface area contributed by atoms with E-state index in [1.54, 1.807) is 0 Å². The lowest BCUT2D eigenvalue weighted by Crippen LogP contribution is -1.97. The number of nitrogens with zero attached hydrogens (tertiary/aromatic N) is 3. The number of aromatic nitrogens is 1. The van der Waals surface area contributed by atoms with Gasteiger partial charge in [0.05, 0.1) is 23.5 Å². The van der Waals surface area contributed by atoms with Crippen LogP contribution in [0.15, 0.2) is 88.8 Å². The van der Waals surface area contributed by atoms with Crippen LogP contribution in [0.5, 0.6) is 0 Å². The first-order chi connectivity index (χ1) is 12.7. The van der Waals surface area contributed by atoms with Gasteiger partial charge in [0.15, 0.2) is 0 Å². The molecule has 3 rings (SSSR count). The molecule has 2 atom stereocenters. The van der Waals surface area contributed by atoms with E-state index in [0.717, 1.165) is 11.4 Å². The molecular formula is C23H23N3. The highest BCUT2D eigenvalue weighted by atomic mass is 14.8. The number of aliphatic imine (C=N–C) groups is 2. The Balaban J connectivity index is 1.68. The fourth-order valence-electron chi connectivity index (χ4n) is 2.62. The van der Waals surface area contributed by atoms with Gasteiger partial charge >= 0.3 is 0 Å². The normalized spacial score (nSPS) is 13.9. The van der Waals surface area contributed by atoms with Gasteiger partial charge in [0, 0.05) is 12.4 Å². The van der Waals surface area contributed by atoms with Crippen molar-refractivity contribution in [2.75, 3.05) is 0 Å². The molecule has 0 aliphatic carbocycles. The summed E-state index contributed by atoms with van der Waals surface area (Å²) < 4.78 is 0. The Hall–Kier alpha value is -3.07. The van der Waals surface area contributed by atoms with Crippen molar-refractivity contribution in [3.63, 3.8) is 0 Å². The molecule has 2 unspecified atom stereocenters. The fraction of sp³-hybridized carbons (Fsp3) is 0.174. The van der Waals surface area contributed by atoms with E-state index in [-0.39, 0.29) is 12.1 Å². The maximum absolute atomic E-state index is 4.62. The van der Waals surface area contributed by atoms with E-state index >= 15 is 0 Å². The monoisotopic (exact) mass is 341 g/mol. The molecular weight excluding hydrogens is 318 g/mol. The van der Waals surface area contributed by atoms with E-state index < -0.39 is 0 Å². The van der Waals surface area contributed by atoms with Crippen LogP contribution in [0.1, 0.15) is 48.4 Å². The molecule has 0 fully saturated rings. The van der Waals surface area contributed by atoms with Crippen LogP contribution >= 0.6 is 0 Å². The van der Waals surface area contributed by atoms with Crippen molar-refractivity contribution in [3.05, 3.63) is 101 Å². The Bertz CT molecular complexity index is 799. The molecule has 0 aliphatic heterocycles. The first kappa shape index (κ1) is 17.7. The summed E-state index contributed by atoms with van der Waals surface area (Å²) in [6.07, 6.45) is 3.66. The van der Waals surface area contributed by atoms with Crippen LogP contribution in [0.25, 0.3) is 0 Å². The van der Waals surface area contributed by atoms with Crippen LogP contribution in [0.2, 0.25) is 0 Å². The molecule has 3 nitrogen and oxygen atoms in total. The first-order valence-corrected chi connectivity index (χ1v) is 8.85. The second kappa shape index (κ2) is 8.86. The summed E-state index contributed by atoms with van der Waals surface area (Å²) in [5.74, 6) is 0. The van der Waals surface area contributed by atoms with Gasteiger partial charge in [-0.1, -0.05) is 66.7 Å². The Morgan fingerprint density at radius 3 is 1.46 bits per heavy atom. The van der Waals surface area contributed by atoms with Gasteiger partial charge in [-0.05, 0) is 37.1 Å². The molecule has 26 heavy (non-hydrogen) atoms. The number of rotatable bonds is 6. The first-order valence-electron chi connectivity index (χ1n) is 8.85. The lowest BCUT2D eigenvalue weighted by Gasteiger charge is -2.06. The molecule has 0 saturated carbocycles. The largest absolute Gasteiger partial charge is 0.283 e. The van der Waals surface area contributed by atoms with E-state index in [0.29, 0.717) is 0 Å². The van der Waals surface area contributed by atoms with Gasteiger partial charge in [0.25, 0.3) is 0 Å². The molecule has 0 N–H and O–H groups in total. The van der Waals surface area contributed by atoms with Gasteiger partial charge in [0.1, 0.15) is 0 Å².